The summed E-state index contributed by atoms with van der Waals surface area (Å²) in [5, 5.41) is 1.17. The molecule has 0 N–H and O–H groups in total. The zero-order chi connectivity index (χ0) is 13.1. The minimum Gasteiger partial charge on any atom is -0.0928 e. The van der Waals surface area contributed by atoms with E-state index in [-0.39, 0.29) is 0 Å². The summed E-state index contributed by atoms with van der Waals surface area (Å²) in [6, 6.07) is 8.99. The molecule has 0 bridgehead atoms. The van der Waals surface area contributed by atoms with Crippen LogP contribution in [0.1, 0.15) is 62.5 Å². The topological polar surface area (TPSA) is 0 Å². The number of halogens is 1. The molecule has 1 rings (SSSR count). The highest BCUT2D eigenvalue weighted by Crippen LogP contribution is 2.12. The molecule has 1 aromatic carbocycles. The maximum Gasteiger partial charge on any atom is 0.00313 e. The van der Waals surface area contributed by atoms with Crippen molar-refractivity contribution >= 4 is 15.9 Å². The first-order valence-corrected chi connectivity index (χ1v) is 8.56. The highest BCUT2D eigenvalue weighted by Gasteiger charge is 1.94. The number of hydrogen-bond donors (Lipinski definition) is 0. The molecule has 0 fully saturated rings. The fourth-order valence-electron chi connectivity index (χ4n) is 2.24. The second-order valence-electron chi connectivity index (χ2n) is 5.25. The van der Waals surface area contributed by atoms with Crippen molar-refractivity contribution in [2.75, 3.05) is 5.33 Å². The Morgan fingerprint density at radius 3 is 1.78 bits per heavy atom. The lowest BCUT2D eigenvalue weighted by Crippen LogP contribution is -1.87. The summed E-state index contributed by atoms with van der Waals surface area (Å²) in [6.45, 7) is 2.15. The number of hydrogen-bond acceptors (Lipinski definition) is 0. The van der Waals surface area contributed by atoms with E-state index in [0.29, 0.717) is 0 Å². The van der Waals surface area contributed by atoms with Crippen molar-refractivity contribution in [2.45, 2.75) is 64.7 Å². The molecule has 0 aromatic heterocycles. The molecule has 1 heteroatoms. The molecule has 0 radical (unpaired) electrons. The van der Waals surface area contributed by atoms with Gasteiger partial charge in [-0.2, -0.15) is 0 Å². The van der Waals surface area contributed by atoms with E-state index in [1.54, 1.807) is 0 Å². The Morgan fingerprint density at radius 2 is 1.22 bits per heavy atom. The van der Waals surface area contributed by atoms with Gasteiger partial charge in [-0.05, 0) is 31.7 Å². The molecule has 0 aliphatic carbocycles. The zero-order valence-electron chi connectivity index (χ0n) is 11.8. The van der Waals surface area contributed by atoms with Gasteiger partial charge in [-0.1, -0.05) is 84.3 Å². The normalized spacial score (nSPS) is 10.8. The first-order chi connectivity index (χ1) is 8.83. The van der Waals surface area contributed by atoms with Crippen LogP contribution >= 0.6 is 15.9 Å². The van der Waals surface area contributed by atoms with Crippen molar-refractivity contribution in [3.63, 3.8) is 0 Å². The Labute approximate surface area is 121 Å². The molecule has 0 aliphatic rings. The van der Waals surface area contributed by atoms with Crippen LogP contribution in [0.3, 0.4) is 0 Å². The summed E-state index contributed by atoms with van der Waals surface area (Å²) >= 11 is 3.48. The minimum absolute atomic E-state index is 1.17. The van der Waals surface area contributed by atoms with Gasteiger partial charge in [0.05, 0.1) is 0 Å². The maximum absolute atomic E-state index is 3.48. The molecule has 0 nitrogen and oxygen atoms in total. The van der Waals surface area contributed by atoms with Crippen LogP contribution in [0.2, 0.25) is 0 Å². The highest BCUT2D eigenvalue weighted by molar-refractivity contribution is 9.09. The van der Waals surface area contributed by atoms with E-state index in [0.717, 1.165) is 0 Å². The first-order valence-electron chi connectivity index (χ1n) is 7.44. The van der Waals surface area contributed by atoms with Crippen LogP contribution in [0, 0.1) is 6.92 Å². The van der Waals surface area contributed by atoms with Crippen molar-refractivity contribution in [2.24, 2.45) is 0 Å². The Morgan fingerprint density at radius 1 is 0.722 bits per heavy atom. The number of aryl methyl sites for hydroxylation is 2. The van der Waals surface area contributed by atoms with Crippen LogP contribution in [0.15, 0.2) is 24.3 Å². The predicted molar refractivity (Wildman–Crippen MR) is 85.6 cm³/mol. The number of benzene rings is 1. The number of rotatable bonds is 10. The molecule has 0 aliphatic heterocycles. The summed E-state index contributed by atoms with van der Waals surface area (Å²) < 4.78 is 0. The van der Waals surface area contributed by atoms with Crippen LogP contribution in [-0.4, -0.2) is 5.33 Å². The first kappa shape index (κ1) is 15.8. The van der Waals surface area contributed by atoms with Crippen LogP contribution < -0.4 is 0 Å². The Kier molecular flexibility index (Phi) is 9.28. The summed E-state index contributed by atoms with van der Waals surface area (Å²) in [5.74, 6) is 0. The van der Waals surface area contributed by atoms with Crippen LogP contribution in [0.5, 0.6) is 0 Å². The van der Waals surface area contributed by atoms with Gasteiger partial charge in [0.1, 0.15) is 0 Å². The summed E-state index contributed by atoms with van der Waals surface area (Å²) in [7, 11) is 0. The van der Waals surface area contributed by atoms with E-state index in [1.807, 2.05) is 0 Å². The van der Waals surface area contributed by atoms with Crippen molar-refractivity contribution in [1.29, 1.82) is 0 Å². The molecule has 0 atom stereocenters. The fourth-order valence-corrected chi connectivity index (χ4v) is 2.64. The van der Waals surface area contributed by atoms with E-state index in [1.165, 1.54) is 74.2 Å². The largest absolute Gasteiger partial charge is 0.0928 e. The molecule has 102 valence electrons. The van der Waals surface area contributed by atoms with E-state index in [2.05, 4.69) is 47.1 Å². The van der Waals surface area contributed by atoms with Gasteiger partial charge in [-0.25, -0.2) is 0 Å². The highest BCUT2D eigenvalue weighted by atomic mass is 79.9. The molecule has 0 unspecified atom stereocenters. The summed E-state index contributed by atoms with van der Waals surface area (Å²) in [6.07, 6.45) is 12.4. The van der Waals surface area contributed by atoms with E-state index in [4.69, 9.17) is 0 Å². The van der Waals surface area contributed by atoms with Crippen LogP contribution in [0.25, 0.3) is 0 Å². The smallest absolute Gasteiger partial charge is 0.00313 e. The van der Waals surface area contributed by atoms with Crippen LogP contribution in [0.4, 0.5) is 0 Å². The fraction of sp³-hybridized carbons (Fsp3) is 0.647. The third kappa shape index (κ3) is 7.92. The monoisotopic (exact) mass is 310 g/mol. The van der Waals surface area contributed by atoms with Crippen molar-refractivity contribution in [3.05, 3.63) is 35.4 Å². The lowest BCUT2D eigenvalue weighted by atomic mass is 10.0. The minimum atomic E-state index is 1.17. The van der Waals surface area contributed by atoms with Gasteiger partial charge in [0.25, 0.3) is 0 Å². The quantitative estimate of drug-likeness (QED) is 0.364. The van der Waals surface area contributed by atoms with E-state index < -0.39 is 0 Å². The van der Waals surface area contributed by atoms with Gasteiger partial charge < -0.3 is 0 Å². The zero-order valence-corrected chi connectivity index (χ0v) is 13.3. The molecule has 18 heavy (non-hydrogen) atoms. The second kappa shape index (κ2) is 10.6. The molecule has 0 amide bonds. The maximum atomic E-state index is 3.48. The Balaban J connectivity index is 1.91. The number of unbranched alkanes of at least 4 members (excludes halogenated alkanes) is 7. The van der Waals surface area contributed by atoms with Crippen molar-refractivity contribution in [1.82, 2.24) is 0 Å². The summed E-state index contributed by atoms with van der Waals surface area (Å²) in [4.78, 5) is 0. The average Bonchev–Trinajstić information content (AvgIpc) is 2.39. The molecule has 0 saturated heterocycles. The van der Waals surface area contributed by atoms with E-state index >= 15 is 0 Å². The van der Waals surface area contributed by atoms with E-state index in [9.17, 15) is 0 Å². The van der Waals surface area contributed by atoms with Gasteiger partial charge in [0.15, 0.2) is 0 Å². The van der Waals surface area contributed by atoms with Gasteiger partial charge >= 0.3 is 0 Å². The summed E-state index contributed by atoms with van der Waals surface area (Å²) in [5.41, 5.74) is 2.86. The van der Waals surface area contributed by atoms with Crippen molar-refractivity contribution < 1.29 is 0 Å². The van der Waals surface area contributed by atoms with Gasteiger partial charge in [-0.3, -0.25) is 0 Å². The Hall–Kier alpha value is -0.300. The molecular weight excluding hydrogens is 284 g/mol. The molecular formula is C17H27Br. The molecule has 0 heterocycles. The van der Waals surface area contributed by atoms with Crippen molar-refractivity contribution in [3.8, 4) is 0 Å². The third-order valence-corrected chi connectivity index (χ3v) is 4.03. The molecule has 1 aromatic rings. The van der Waals surface area contributed by atoms with Crippen LogP contribution in [-0.2, 0) is 6.42 Å². The molecule has 0 saturated carbocycles. The van der Waals surface area contributed by atoms with Gasteiger partial charge in [0, 0.05) is 5.33 Å². The predicted octanol–water partition coefficient (Wildman–Crippen LogP) is 6.05. The number of alkyl halides is 1. The Bertz CT molecular complexity index is 289. The standard InChI is InChI=1S/C17H27Br/c1-16-11-13-17(14-12-16)10-8-6-4-2-3-5-7-9-15-18/h11-14H,2-10,15H2,1H3. The van der Waals surface area contributed by atoms with Gasteiger partial charge in [-0.15, -0.1) is 0 Å². The second-order valence-corrected chi connectivity index (χ2v) is 6.05. The SMILES string of the molecule is Cc1ccc(CCCCCCCCCCBr)cc1. The molecule has 0 spiro atoms. The van der Waals surface area contributed by atoms with Gasteiger partial charge in [0.2, 0.25) is 0 Å². The lowest BCUT2D eigenvalue weighted by Gasteiger charge is -2.03. The third-order valence-electron chi connectivity index (χ3n) is 3.47. The lowest BCUT2D eigenvalue weighted by molar-refractivity contribution is 0.577. The average molecular weight is 311 g/mol.